The van der Waals surface area contributed by atoms with E-state index in [1.165, 1.54) is 19.3 Å². The summed E-state index contributed by atoms with van der Waals surface area (Å²) in [7, 11) is 0. The predicted molar refractivity (Wildman–Crippen MR) is 146 cm³/mol. The number of benzene rings is 2. The van der Waals surface area contributed by atoms with Gasteiger partial charge in [0.1, 0.15) is 17.6 Å². The van der Waals surface area contributed by atoms with Gasteiger partial charge in [-0.15, -0.1) is 0 Å². The minimum atomic E-state index is -0.200. The molecule has 39 heavy (non-hydrogen) atoms. The highest BCUT2D eigenvalue weighted by atomic mass is 16.5. The second-order valence-electron chi connectivity index (χ2n) is 10.2. The number of nitriles is 1. The molecule has 1 saturated heterocycles. The van der Waals surface area contributed by atoms with Crippen molar-refractivity contribution < 1.29 is 4.74 Å². The third-order valence-electron chi connectivity index (χ3n) is 7.91. The SMILES string of the molecule is N#Cc1ccc2ncn(-c3ncc4c(n3)n([C@@H]3CCOc5ccccc53)c(=O)n4CCN3CCCCC3)c2c1. The molecule has 10 nitrogen and oxygen atoms in total. The maximum Gasteiger partial charge on any atom is 0.330 e. The van der Waals surface area contributed by atoms with Crippen LogP contribution in [0.25, 0.3) is 28.1 Å². The van der Waals surface area contributed by atoms with Gasteiger partial charge in [0.25, 0.3) is 0 Å². The molecular weight excluding hydrogens is 492 g/mol. The van der Waals surface area contributed by atoms with Gasteiger partial charge >= 0.3 is 5.69 Å². The molecule has 0 N–H and O–H groups in total. The molecular formula is C29H28N8O2. The van der Waals surface area contributed by atoms with E-state index in [1.807, 2.05) is 39.5 Å². The number of ether oxygens (including phenoxy) is 1. The van der Waals surface area contributed by atoms with Crippen LogP contribution in [0.1, 0.15) is 42.9 Å². The average Bonchev–Trinajstić information content (AvgIpc) is 3.53. The van der Waals surface area contributed by atoms with E-state index in [2.05, 4.69) is 20.9 Å². The topological polar surface area (TPSA) is 107 Å². The van der Waals surface area contributed by atoms with Crippen LogP contribution in [0.2, 0.25) is 0 Å². The van der Waals surface area contributed by atoms with Crippen molar-refractivity contribution in [3.05, 3.63) is 76.6 Å². The summed E-state index contributed by atoms with van der Waals surface area (Å²) in [6.45, 7) is 4.05. The summed E-state index contributed by atoms with van der Waals surface area (Å²) in [4.78, 5) is 30.7. The minimum Gasteiger partial charge on any atom is -0.493 e. The van der Waals surface area contributed by atoms with Gasteiger partial charge < -0.3 is 9.64 Å². The molecule has 196 valence electrons. The van der Waals surface area contributed by atoms with E-state index in [9.17, 15) is 10.1 Å². The Bertz CT molecular complexity index is 1790. The molecule has 0 amide bonds. The fraction of sp³-hybridized carbons (Fsp3) is 0.345. The molecule has 5 aromatic rings. The number of hydrogen-bond donors (Lipinski definition) is 0. The van der Waals surface area contributed by atoms with Gasteiger partial charge in [0.15, 0.2) is 5.65 Å². The number of piperidine rings is 1. The lowest BCUT2D eigenvalue weighted by Gasteiger charge is -2.27. The smallest absolute Gasteiger partial charge is 0.330 e. The van der Waals surface area contributed by atoms with Crippen LogP contribution >= 0.6 is 0 Å². The average molecular weight is 521 g/mol. The first-order chi connectivity index (χ1) is 19.2. The zero-order valence-corrected chi connectivity index (χ0v) is 21.5. The Hall–Kier alpha value is -4.49. The van der Waals surface area contributed by atoms with Crippen LogP contribution in [0.5, 0.6) is 5.75 Å². The molecule has 0 bridgehead atoms. The summed E-state index contributed by atoms with van der Waals surface area (Å²) in [5, 5.41) is 9.41. The van der Waals surface area contributed by atoms with Crippen LogP contribution in [0.15, 0.2) is 59.8 Å². The van der Waals surface area contributed by atoms with Crippen LogP contribution in [0.3, 0.4) is 0 Å². The molecule has 0 saturated carbocycles. The summed E-state index contributed by atoms with van der Waals surface area (Å²) in [6.07, 6.45) is 7.75. The molecule has 3 aromatic heterocycles. The monoisotopic (exact) mass is 520 g/mol. The number of likely N-dealkylation sites (tertiary alicyclic amines) is 1. The zero-order valence-electron chi connectivity index (χ0n) is 21.5. The Labute approximate surface area is 224 Å². The number of para-hydroxylation sites is 1. The fourth-order valence-corrected chi connectivity index (χ4v) is 5.91. The number of nitrogens with zero attached hydrogens (tertiary/aromatic N) is 8. The number of fused-ring (bicyclic) bond motifs is 3. The highest BCUT2D eigenvalue weighted by Crippen LogP contribution is 2.35. The van der Waals surface area contributed by atoms with E-state index in [-0.39, 0.29) is 11.7 Å². The maximum absolute atomic E-state index is 14.1. The molecule has 2 aliphatic rings. The number of rotatable bonds is 5. The molecule has 2 aromatic carbocycles. The van der Waals surface area contributed by atoms with Crippen molar-refractivity contribution in [1.29, 1.82) is 5.26 Å². The molecule has 1 atom stereocenters. The molecule has 10 heteroatoms. The van der Waals surface area contributed by atoms with E-state index in [1.54, 1.807) is 29.2 Å². The third kappa shape index (κ3) is 4.06. The third-order valence-corrected chi connectivity index (χ3v) is 7.91. The Kier molecular flexibility index (Phi) is 5.86. The molecule has 2 aliphatic heterocycles. The lowest BCUT2D eigenvalue weighted by molar-refractivity contribution is 0.220. The molecule has 5 heterocycles. The van der Waals surface area contributed by atoms with E-state index in [0.717, 1.165) is 42.0 Å². The number of hydrogen-bond acceptors (Lipinski definition) is 7. The Morgan fingerprint density at radius 2 is 1.90 bits per heavy atom. The first kappa shape index (κ1) is 23.6. The molecule has 0 unspecified atom stereocenters. The minimum absolute atomic E-state index is 0.0857. The van der Waals surface area contributed by atoms with Crippen LogP contribution in [-0.4, -0.2) is 59.8 Å². The lowest BCUT2D eigenvalue weighted by Crippen LogP contribution is -2.36. The van der Waals surface area contributed by atoms with Crippen LogP contribution in [0, 0.1) is 11.3 Å². The van der Waals surface area contributed by atoms with Crippen LogP contribution in [0.4, 0.5) is 0 Å². The van der Waals surface area contributed by atoms with Crippen molar-refractivity contribution in [3.63, 3.8) is 0 Å². The number of aromatic nitrogens is 6. The van der Waals surface area contributed by atoms with Crippen LogP contribution in [-0.2, 0) is 6.54 Å². The molecule has 0 radical (unpaired) electrons. The van der Waals surface area contributed by atoms with Crippen molar-refractivity contribution in [1.82, 2.24) is 33.6 Å². The predicted octanol–water partition coefficient (Wildman–Crippen LogP) is 3.66. The van der Waals surface area contributed by atoms with Crippen molar-refractivity contribution in [2.45, 2.75) is 38.3 Å². The summed E-state index contributed by atoms with van der Waals surface area (Å²) in [5.74, 6) is 1.20. The summed E-state index contributed by atoms with van der Waals surface area (Å²) in [6, 6.07) is 15.2. The fourth-order valence-electron chi connectivity index (χ4n) is 5.91. The highest BCUT2D eigenvalue weighted by Gasteiger charge is 2.29. The Morgan fingerprint density at radius 3 is 2.77 bits per heavy atom. The van der Waals surface area contributed by atoms with Gasteiger partial charge in [-0.05, 0) is 50.2 Å². The van der Waals surface area contributed by atoms with E-state index in [4.69, 9.17) is 9.72 Å². The first-order valence-electron chi connectivity index (χ1n) is 13.5. The van der Waals surface area contributed by atoms with Crippen molar-refractivity contribution in [2.24, 2.45) is 0 Å². The second kappa shape index (κ2) is 9.67. The standard InChI is InChI=1S/C29H28N8O2/c30-17-20-8-9-22-24(16-20)36(19-32-22)28-31-18-25-27(33-28)37(23-10-15-39-26-7-3-2-6-21(23)26)29(38)35(25)14-13-34-11-4-1-5-12-34/h2-3,6-9,16,18-19,23H,1,4-5,10-15H2/t23-/m1/s1. The largest absolute Gasteiger partial charge is 0.493 e. The maximum atomic E-state index is 14.1. The van der Waals surface area contributed by atoms with Gasteiger partial charge in [-0.25, -0.2) is 14.8 Å². The van der Waals surface area contributed by atoms with Gasteiger partial charge in [-0.3, -0.25) is 13.7 Å². The van der Waals surface area contributed by atoms with Gasteiger partial charge in [0.2, 0.25) is 5.95 Å². The van der Waals surface area contributed by atoms with E-state index < -0.39 is 0 Å². The normalized spacial score (nSPS) is 17.7. The zero-order chi connectivity index (χ0) is 26.3. The molecule has 1 fully saturated rings. The van der Waals surface area contributed by atoms with E-state index in [0.29, 0.717) is 42.2 Å². The lowest BCUT2D eigenvalue weighted by atomic mass is 10.0. The molecule has 0 aliphatic carbocycles. The Balaban J connectivity index is 1.39. The second-order valence-corrected chi connectivity index (χ2v) is 10.2. The summed E-state index contributed by atoms with van der Waals surface area (Å²) < 4.78 is 11.3. The van der Waals surface area contributed by atoms with Gasteiger partial charge in [-0.1, -0.05) is 24.6 Å². The van der Waals surface area contributed by atoms with Gasteiger partial charge in [0, 0.05) is 25.1 Å². The van der Waals surface area contributed by atoms with Crippen molar-refractivity contribution >= 4 is 22.2 Å². The van der Waals surface area contributed by atoms with E-state index >= 15 is 0 Å². The summed E-state index contributed by atoms with van der Waals surface area (Å²) in [5.41, 5.74) is 4.21. The van der Waals surface area contributed by atoms with Gasteiger partial charge in [0.05, 0.1) is 41.5 Å². The molecule has 7 rings (SSSR count). The number of imidazole rings is 2. The first-order valence-corrected chi connectivity index (χ1v) is 13.5. The summed E-state index contributed by atoms with van der Waals surface area (Å²) >= 11 is 0. The van der Waals surface area contributed by atoms with Crippen LogP contribution < -0.4 is 10.4 Å². The van der Waals surface area contributed by atoms with Crippen molar-refractivity contribution in [2.75, 3.05) is 26.2 Å². The quantitative estimate of drug-likeness (QED) is 0.348. The van der Waals surface area contributed by atoms with Crippen molar-refractivity contribution in [3.8, 4) is 17.8 Å². The van der Waals surface area contributed by atoms with Gasteiger partial charge in [-0.2, -0.15) is 10.2 Å². The Morgan fingerprint density at radius 1 is 1.03 bits per heavy atom. The highest BCUT2D eigenvalue weighted by molar-refractivity contribution is 5.79. The molecule has 0 spiro atoms.